The molecule has 6 heteroatoms. The summed E-state index contributed by atoms with van der Waals surface area (Å²) in [6, 6.07) is 14.3. The molecular formula is C24H29N3O3. The molecule has 1 aliphatic rings. The summed E-state index contributed by atoms with van der Waals surface area (Å²) in [6.07, 6.45) is 4.22. The largest absolute Gasteiger partial charge is 0.497 e. The van der Waals surface area contributed by atoms with Crippen LogP contribution in [-0.4, -0.2) is 49.3 Å². The normalized spacial score (nSPS) is 15.2. The van der Waals surface area contributed by atoms with Crippen molar-refractivity contribution in [1.82, 2.24) is 14.9 Å². The molecule has 0 bridgehead atoms. The van der Waals surface area contributed by atoms with E-state index in [0.717, 1.165) is 55.3 Å². The van der Waals surface area contributed by atoms with Crippen molar-refractivity contribution in [3.63, 3.8) is 0 Å². The van der Waals surface area contributed by atoms with Crippen LogP contribution in [0.3, 0.4) is 0 Å². The zero-order chi connectivity index (χ0) is 20.9. The van der Waals surface area contributed by atoms with Crippen LogP contribution in [0.2, 0.25) is 0 Å². The molecule has 30 heavy (non-hydrogen) atoms. The van der Waals surface area contributed by atoms with E-state index in [1.807, 2.05) is 30.5 Å². The second kappa shape index (κ2) is 9.22. The van der Waals surface area contributed by atoms with E-state index in [2.05, 4.69) is 33.1 Å². The van der Waals surface area contributed by atoms with E-state index in [1.165, 1.54) is 5.56 Å². The molecule has 1 fully saturated rings. The van der Waals surface area contributed by atoms with Gasteiger partial charge in [0.15, 0.2) is 11.5 Å². The summed E-state index contributed by atoms with van der Waals surface area (Å²) in [5.74, 6) is 3.72. The van der Waals surface area contributed by atoms with Gasteiger partial charge < -0.3 is 19.2 Å². The quantitative estimate of drug-likeness (QED) is 0.626. The number of piperidine rings is 1. The number of aromatic nitrogens is 2. The predicted octanol–water partition coefficient (Wildman–Crippen LogP) is 4.48. The van der Waals surface area contributed by atoms with E-state index in [0.29, 0.717) is 17.4 Å². The molecule has 0 amide bonds. The van der Waals surface area contributed by atoms with Crippen molar-refractivity contribution in [2.75, 3.05) is 34.4 Å². The van der Waals surface area contributed by atoms with Crippen LogP contribution >= 0.6 is 0 Å². The number of hydrogen-bond acceptors (Lipinski definition) is 5. The van der Waals surface area contributed by atoms with Gasteiger partial charge in [-0.1, -0.05) is 18.2 Å². The molecule has 1 aromatic heterocycles. The van der Waals surface area contributed by atoms with Crippen molar-refractivity contribution in [3.05, 3.63) is 59.9 Å². The minimum Gasteiger partial charge on any atom is -0.497 e. The first-order chi connectivity index (χ1) is 14.7. The number of benzene rings is 2. The van der Waals surface area contributed by atoms with Gasteiger partial charge in [-0.05, 0) is 61.7 Å². The van der Waals surface area contributed by atoms with Crippen molar-refractivity contribution in [3.8, 4) is 28.6 Å². The highest BCUT2D eigenvalue weighted by Gasteiger charge is 2.22. The molecule has 0 saturated carbocycles. The molecule has 1 saturated heterocycles. The SMILES string of the molecule is COc1cccc(C2CCN(Cc3cnc(-c4cccc(OC)c4OC)[nH]3)CC2)c1. The summed E-state index contributed by atoms with van der Waals surface area (Å²) in [5.41, 5.74) is 3.39. The topological polar surface area (TPSA) is 59.6 Å². The average molecular weight is 408 g/mol. The van der Waals surface area contributed by atoms with Gasteiger partial charge in [-0.15, -0.1) is 0 Å². The molecule has 0 aliphatic carbocycles. The molecule has 4 rings (SSSR count). The van der Waals surface area contributed by atoms with E-state index in [4.69, 9.17) is 14.2 Å². The third-order valence-corrected chi connectivity index (χ3v) is 5.83. The number of ether oxygens (including phenoxy) is 3. The molecule has 0 atom stereocenters. The van der Waals surface area contributed by atoms with Gasteiger partial charge in [0.05, 0.1) is 26.9 Å². The fourth-order valence-electron chi connectivity index (χ4n) is 4.21. The second-order valence-corrected chi connectivity index (χ2v) is 7.63. The van der Waals surface area contributed by atoms with Crippen LogP contribution in [-0.2, 0) is 6.54 Å². The lowest BCUT2D eigenvalue weighted by Gasteiger charge is -2.31. The number of rotatable bonds is 7. The van der Waals surface area contributed by atoms with Crippen molar-refractivity contribution in [1.29, 1.82) is 0 Å². The number of likely N-dealkylation sites (tertiary alicyclic amines) is 1. The van der Waals surface area contributed by atoms with Gasteiger partial charge in [-0.2, -0.15) is 0 Å². The fraction of sp³-hybridized carbons (Fsp3) is 0.375. The molecule has 1 N–H and O–H groups in total. The minimum absolute atomic E-state index is 0.592. The van der Waals surface area contributed by atoms with Crippen LogP contribution in [0.4, 0.5) is 0 Å². The van der Waals surface area contributed by atoms with Crippen LogP contribution in [0.15, 0.2) is 48.7 Å². The lowest BCUT2D eigenvalue weighted by atomic mass is 9.89. The van der Waals surface area contributed by atoms with Crippen LogP contribution in [0.1, 0.15) is 30.0 Å². The molecular weight excluding hydrogens is 378 g/mol. The van der Waals surface area contributed by atoms with Crippen molar-refractivity contribution in [2.45, 2.75) is 25.3 Å². The van der Waals surface area contributed by atoms with Gasteiger partial charge in [-0.25, -0.2) is 4.98 Å². The molecule has 0 unspecified atom stereocenters. The van der Waals surface area contributed by atoms with Crippen LogP contribution < -0.4 is 14.2 Å². The third-order valence-electron chi connectivity index (χ3n) is 5.83. The summed E-state index contributed by atoms with van der Waals surface area (Å²) in [4.78, 5) is 10.5. The van der Waals surface area contributed by atoms with Gasteiger partial charge in [0.1, 0.15) is 11.6 Å². The van der Waals surface area contributed by atoms with E-state index >= 15 is 0 Å². The van der Waals surface area contributed by atoms with Crippen molar-refractivity contribution >= 4 is 0 Å². The van der Waals surface area contributed by atoms with Crippen molar-refractivity contribution < 1.29 is 14.2 Å². The number of methoxy groups -OCH3 is 3. The molecule has 2 aromatic carbocycles. The van der Waals surface area contributed by atoms with E-state index in [9.17, 15) is 0 Å². The maximum Gasteiger partial charge on any atom is 0.171 e. The number of H-pyrrole nitrogens is 1. The first kappa shape index (κ1) is 20.3. The Labute approximate surface area is 177 Å². The highest BCUT2D eigenvalue weighted by atomic mass is 16.5. The van der Waals surface area contributed by atoms with Crippen LogP contribution in [0, 0.1) is 0 Å². The van der Waals surface area contributed by atoms with Gasteiger partial charge in [0.2, 0.25) is 0 Å². The number of para-hydroxylation sites is 1. The molecule has 2 heterocycles. The van der Waals surface area contributed by atoms with Gasteiger partial charge >= 0.3 is 0 Å². The number of imidazole rings is 1. The smallest absolute Gasteiger partial charge is 0.171 e. The summed E-state index contributed by atoms with van der Waals surface area (Å²) >= 11 is 0. The van der Waals surface area contributed by atoms with E-state index < -0.39 is 0 Å². The lowest BCUT2D eigenvalue weighted by Crippen LogP contribution is -2.32. The fourth-order valence-corrected chi connectivity index (χ4v) is 4.21. The lowest BCUT2D eigenvalue weighted by molar-refractivity contribution is 0.202. The number of nitrogens with zero attached hydrogens (tertiary/aromatic N) is 2. The minimum atomic E-state index is 0.592. The molecule has 1 aliphatic heterocycles. The highest BCUT2D eigenvalue weighted by Crippen LogP contribution is 2.36. The Bertz CT molecular complexity index is 977. The molecule has 0 radical (unpaired) electrons. The summed E-state index contributed by atoms with van der Waals surface area (Å²) < 4.78 is 16.3. The number of aromatic amines is 1. The third kappa shape index (κ3) is 4.28. The first-order valence-corrected chi connectivity index (χ1v) is 10.3. The number of nitrogens with one attached hydrogen (secondary N) is 1. The Hall–Kier alpha value is -2.99. The summed E-state index contributed by atoms with van der Waals surface area (Å²) in [5, 5.41) is 0. The number of hydrogen-bond donors (Lipinski definition) is 1. The first-order valence-electron chi connectivity index (χ1n) is 10.3. The van der Waals surface area contributed by atoms with Crippen LogP contribution in [0.25, 0.3) is 11.4 Å². The second-order valence-electron chi connectivity index (χ2n) is 7.63. The predicted molar refractivity (Wildman–Crippen MR) is 117 cm³/mol. The molecule has 6 nitrogen and oxygen atoms in total. The standard InChI is InChI=1S/C24H29N3O3/c1-28-20-7-4-6-18(14-20)17-10-12-27(13-11-17)16-19-15-25-24(26-19)21-8-5-9-22(29-2)23(21)30-3/h4-9,14-15,17H,10-13,16H2,1-3H3,(H,25,26). The summed E-state index contributed by atoms with van der Waals surface area (Å²) in [6.45, 7) is 3.00. The molecule has 3 aromatic rings. The van der Waals surface area contributed by atoms with Gasteiger partial charge in [0, 0.05) is 18.4 Å². The Morgan fingerprint density at radius 1 is 1.00 bits per heavy atom. The Morgan fingerprint density at radius 3 is 2.53 bits per heavy atom. The Morgan fingerprint density at radius 2 is 1.80 bits per heavy atom. The monoisotopic (exact) mass is 407 g/mol. The maximum atomic E-state index is 5.55. The van der Waals surface area contributed by atoms with E-state index in [1.54, 1.807) is 21.3 Å². The Balaban J connectivity index is 1.40. The highest BCUT2D eigenvalue weighted by molar-refractivity contribution is 5.68. The van der Waals surface area contributed by atoms with Crippen molar-refractivity contribution in [2.24, 2.45) is 0 Å². The van der Waals surface area contributed by atoms with Gasteiger partial charge in [-0.3, -0.25) is 4.90 Å². The average Bonchev–Trinajstić information content (AvgIpc) is 3.27. The zero-order valence-corrected chi connectivity index (χ0v) is 17.9. The maximum absolute atomic E-state index is 5.55. The molecule has 158 valence electrons. The van der Waals surface area contributed by atoms with Gasteiger partial charge in [0.25, 0.3) is 0 Å². The zero-order valence-electron chi connectivity index (χ0n) is 17.9. The van der Waals surface area contributed by atoms with Crippen LogP contribution in [0.5, 0.6) is 17.2 Å². The Kier molecular flexibility index (Phi) is 6.23. The summed E-state index contributed by atoms with van der Waals surface area (Å²) in [7, 11) is 5.02. The van der Waals surface area contributed by atoms with E-state index in [-0.39, 0.29) is 0 Å². The molecule has 0 spiro atoms.